The van der Waals surface area contributed by atoms with Gasteiger partial charge in [0.25, 0.3) is 5.91 Å². The van der Waals surface area contributed by atoms with Gasteiger partial charge in [0.15, 0.2) is 6.10 Å². The molecule has 1 aliphatic heterocycles. The molecule has 0 bridgehead atoms. The SMILES string of the molecule is CC[C@H](Oc1ccc(OC)cc1)C(=O)N1CCOCC1. The van der Waals surface area contributed by atoms with Crippen molar-refractivity contribution >= 4 is 5.91 Å². The standard InChI is InChI=1S/C15H21NO4/c1-3-14(15(17)16-8-10-19-11-9-16)20-13-6-4-12(18-2)5-7-13/h4-7,14H,3,8-11H2,1-2H3/t14-/m0/s1. The minimum Gasteiger partial charge on any atom is -0.497 e. The Labute approximate surface area is 119 Å². The number of ether oxygens (including phenoxy) is 3. The summed E-state index contributed by atoms with van der Waals surface area (Å²) < 4.78 is 16.1. The third-order valence-electron chi connectivity index (χ3n) is 3.31. The highest BCUT2D eigenvalue weighted by atomic mass is 16.5. The fraction of sp³-hybridized carbons (Fsp3) is 0.533. The largest absolute Gasteiger partial charge is 0.497 e. The molecule has 0 spiro atoms. The van der Waals surface area contributed by atoms with Gasteiger partial charge in [-0.2, -0.15) is 0 Å². The molecule has 1 aromatic carbocycles. The van der Waals surface area contributed by atoms with Crippen molar-refractivity contribution < 1.29 is 19.0 Å². The van der Waals surface area contributed by atoms with Crippen molar-refractivity contribution in [2.45, 2.75) is 19.4 Å². The summed E-state index contributed by atoms with van der Waals surface area (Å²) in [5.41, 5.74) is 0. The molecule has 1 fully saturated rings. The van der Waals surface area contributed by atoms with Gasteiger partial charge in [0.05, 0.1) is 20.3 Å². The first-order valence-electron chi connectivity index (χ1n) is 6.92. The average molecular weight is 279 g/mol. The predicted octanol–water partition coefficient (Wildman–Crippen LogP) is 1.71. The quantitative estimate of drug-likeness (QED) is 0.823. The van der Waals surface area contributed by atoms with E-state index in [1.54, 1.807) is 12.0 Å². The molecule has 2 rings (SSSR count). The van der Waals surface area contributed by atoms with E-state index in [9.17, 15) is 4.79 Å². The second-order valence-electron chi connectivity index (χ2n) is 4.63. The number of nitrogens with zero attached hydrogens (tertiary/aromatic N) is 1. The number of carbonyl (C=O) groups is 1. The topological polar surface area (TPSA) is 48.0 Å². The van der Waals surface area contributed by atoms with Crippen molar-refractivity contribution in [3.8, 4) is 11.5 Å². The van der Waals surface area contributed by atoms with Crippen LogP contribution in [-0.4, -0.2) is 50.3 Å². The van der Waals surface area contributed by atoms with Gasteiger partial charge in [-0.1, -0.05) is 6.92 Å². The molecule has 0 radical (unpaired) electrons. The highest BCUT2D eigenvalue weighted by Gasteiger charge is 2.25. The second kappa shape index (κ2) is 7.14. The molecule has 1 aliphatic rings. The Morgan fingerprint density at radius 1 is 1.25 bits per heavy atom. The molecular formula is C15H21NO4. The number of carbonyl (C=O) groups excluding carboxylic acids is 1. The Balaban J connectivity index is 1.97. The molecule has 0 N–H and O–H groups in total. The van der Waals surface area contributed by atoms with Crippen LogP contribution >= 0.6 is 0 Å². The van der Waals surface area contributed by atoms with E-state index < -0.39 is 6.10 Å². The van der Waals surface area contributed by atoms with Crippen LogP contribution in [0.1, 0.15) is 13.3 Å². The summed E-state index contributed by atoms with van der Waals surface area (Å²) in [5.74, 6) is 1.48. The Morgan fingerprint density at radius 3 is 2.40 bits per heavy atom. The smallest absolute Gasteiger partial charge is 0.263 e. The molecule has 5 heteroatoms. The van der Waals surface area contributed by atoms with Crippen LogP contribution in [0.4, 0.5) is 0 Å². The van der Waals surface area contributed by atoms with Gasteiger partial charge in [-0.25, -0.2) is 0 Å². The fourth-order valence-electron chi connectivity index (χ4n) is 2.11. The number of hydrogen-bond donors (Lipinski definition) is 0. The summed E-state index contributed by atoms with van der Waals surface area (Å²) >= 11 is 0. The minimum absolute atomic E-state index is 0.0339. The van der Waals surface area contributed by atoms with Gasteiger partial charge in [-0.3, -0.25) is 4.79 Å². The van der Waals surface area contributed by atoms with Crippen LogP contribution < -0.4 is 9.47 Å². The number of rotatable bonds is 5. The van der Waals surface area contributed by atoms with E-state index in [2.05, 4.69) is 0 Å². The molecule has 1 atom stereocenters. The molecule has 20 heavy (non-hydrogen) atoms. The van der Waals surface area contributed by atoms with Crippen molar-refractivity contribution in [2.75, 3.05) is 33.4 Å². The first-order valence-corrected chi connectivity index (χ1v) is 6.92. The lowest BCUT2D eigenvalue weighted by Crippen LogP contribution is -2.47. The maximum absolute atomic E-state index is 12.4. The number of morpholine rings is 1. The van der Waals surface area contributed by atoms with E-state index in [4.69, 9.17) is 14.2 Å². The molecule has 1 saturated heterocycles. The third-order valence-corrected chi connectivity index (χ3v) is 3.31. The van der Waals surface area contributed by atoms with E-state index in [-0.39, 0.29) is 5.91 Å². The molecule has 1 aromatic rings. The number of methoxy groups -OCH3 is 1. The molecular weight excluding hydrogens is 258 g/mol. The highest BCUT2D eigenvalue weighted by molar-refractivity contribution is 5.81. The van der Waals surface area contributed by atoms with E-state index in [0.29, 0.717) is 38.5 Å². The fourth-order valence-corrected chi connectivity index (χ4v) is 2.11. The van der Waals surface area contributed by atoms with E-state index in [0.717, 1.165) is 5.75 Å². The van der Waals surface area contributed by atoms with Crippen molar-refractivity contribution in [3.63, 3.8) is 0 Å². The Kier molecular flexibility index (Phi) is 5.24. The summed E-state index contributed by atoms with van der Waals surface area (Å²) in [6.45, 7) is 4.44. The normalized spacial score (nSPS) is 16.6. The van der Waals surface area contributed by atoms with Gasteiger partial charge in [0.2, 0.25) is 0 Å². The van der Waals surface area contributed by atoms with Gasteiger partial charge in [-0.15, -0.1) is 0 Å². The molecule has 5 nitrogen and oxygen atoms in total. The van der Waals surface area contributed by atoms with Gasteiger partial charge in [0, 0.05) is 13.1 Å². The second-order valence-corrected chi connectivity index (χ2v) is 4.63. The highest BCUT2D eigenvalue weighted by Crippen LogP contribution is 2.19. The zero-order chi connectivity index (χ0) is 14.4. The molecule has 1 heterocycles. The Bertz CT molecular complexity index is 426. The number of hydrogen-bond acceptors (Lipinski definition) is 4. The van der Waals surface area contributed by atoms with E-state index in [1.165, 1.54) is 0 Å². The summed E-state index contributed by atoms with van der Waals surface area (Å²) in [7, 11) is 1.62. The third kappa shape index (κ3) is 3.63. The zero-order valence-corrected chi connectivity index (χ0v) is 12.0. The maximum atomic E-state index is 12.4. The predicted molar refractivity (Wildman–Crippen MR) is 75.1 cm³/mol. The van der Waals surface area contributed by atoms with Crippen LogP contribution in [0.5, 0.6) is 11.5 Å². The van der Waals surface area contributed by atoms with Gasteiger partial charge < -0.3 is 19.1 Å². The van der Waals surface area contributed by atoms with E-state index in [1.807, 2.05) is 31.2 Å². The van der Waals surface area contributed by atoms with Crippen LogP contribution in [0.25, 0.3) is 0 Å². The van der Waals surface area contributed by atoms with Crippen molar-refractivity contribution in [1.82, 2.24) is 4.90 Å². The van der Waals surface area contributed by atoms with Crippen LogP contribution in [0.2, 0.25) is 0 Å². The van der Waals surface area contributed by atoms with Gasteiger partial charge in [-0.05, 0) is 30.7 Å². The van der Waals surface area contributed by atoms with Crippen molar-refractivity contribution in [1.29, 1.82) is 0 Å². The molecule has 0 saturated carbocycles. The molecule has 0 aliphatic carbocycles. The van der Waals surface area contributed by atoms with Crippen molar-refractivity contribution in [2.24, 2.45) is 0 Å². The summed E-state index contributed by atoms with van der Waals surface area (Å²) in [6.07, 6.45) is 0.198. The van der Waals surface area contributed by atoms with Crippen LogP contribution in [0.15, 0.2) is 24.3 Å². The first kappa shape index (κ1) is 14.7. The van der Waals surface area contributed by atoms with E-state index >= 15 is 0 Å². The summed E-state index contributed by atoms with van der Waals surface area (Å²) in [5, 5.41) is 0. The summed E-state index contributed by atoms with van der Waals surface area (Å²) in [4.78, 5) is 14.2. The number of benzene rings is 1. The Hall–Kier alpha value is -1.75. The van der Waals surface area contributed by atoms with Crippen LogP contribution in [0.3, 0.4) is 0 Å². The lowest BCUT2D eigenvalue weighted by atomic mass is 10.2. The molecule has 0 unspecified atom stereocenters. The zero-order valence-electron chi connectivity index (χ0n) is 12.0. The Morgan fingerprint density at radius 2 is 1.85 bits per heavy atom. The lowest BCUT2D eigenvalue weighted by molar-refractivity contribution is -0.142. The lowest BCUT2D eigenvalue weighted by Gasteiger charge is -2.30. The molecule has 1 amide bonds. The summed E-state index contributed by atoms with van der Waals surface area (Å²) in [6, 6.07) is 7.27. The maximum Gasteiger partial charge on any atom is 0.263 e. The number of amides is 1. The van der Waals surface area contributed by atoms with Crippen molar-refractivity contribution in [3.05, 3.63) is 24.3 Å². The minimum atomic E-state index is -0.443. The average Bonchev–Trinajstić information content (AvgIpc) is 2.53. The van der Waals surface area contributed by atoms with Gasteiger partial charge >= 0.3 is 0 Å². The molecule has 110 valence electrons. The van der Waals surface area contributed by atoms with Gasteiger partial charge in [0.1, 0.15) is 11.5 Å². The van der Waals surface area contributed by atoms with Crippen LogP contribution in [0, 0.1) is 0 Å². The first-order chi connectivity index (χ1) is 9.74. The van der Waals surface area contributed by atoms with Crippen LogP contribution in [-0.2, 0) is 9.53 Å². The monoisotopic (exact) mass is 279 g/mol. The molecule has 0 aromatic heterocycles.